The number of halogens is 1. The van der Waals surface area contributed by atoms with Gasteiger partial charge in [0.2, 0.25) is 5.78 Å². The normalized spacial score (nSPS) is 20.3. The molecule has 10 atom stereocenters. The SMILES string of the molecule is COc1ccc(C(OC[C@H]2O[C@@H](n3cnc4c(=O)n5ccn(CCc6ccc([N+](=O)[O-])cc6)c5nc43)[C@H](O[Si](C)(C)C(C)(C)C)[C@@H]2OP(OCCC#N)OC[C@H]2O[C@@H](n3cnc4c(NC(=O)c5ccccc5)ncnc43)[C@H](F)[C@@H]2O[PH](=O)O)(c2ccccc2)c2ccc(OC)cc2)cc1. The Labute approximate surface area is 569 Å². The lowest BCUT2D eigenvalue weighted by molar-refractivity contribution is -0.384. The third kappa shape index (κ3) is 14.6. The van der Waals surface area contributed by atoms with Crippen molar-refractivity contribution in [2.45, 2.75) is 113 Å². The number of hydrogen-bond acceptors (Lipinski definition) is 21. The summed E-state index contributed by atoms with van der Waals surface area (Å²) in [6, 6.07) is 41.2. The van der Waals surface area contributed by atoms with Crippen LogP contribution in [-0.2, 0) is 59.9 Å². The number of nitriles is 1. The van der Waals surface area contributed by atoms with Crippen LogP contribution >= 0.6 is 16.9 Å². The van der Waals surface area contributed by atoms with Crippen LogP contribution < -0.4 is 20.3 Å². The predicted octanol–water partition coefficient (Wildman–Crippen LogP) is 11.0. The van der Waals surface area contributed by atoms with E-state index in [9.17, 15) is 34.4 Å². The second kappa shape index (κ2) is 29.8. The number of aryl methyl sites for hydroxylation is 2. The highest BCUT2D eigenvalue weighted by atomic mass is 31.2. The maximum atomic E-state index is 17.2. The first-order valence-electron chi connectivity index (χ1n) is 31.5. The number of nitro groups is 1. The number of anilines is 1. The molecule has 0 bridgehead atoms. The maximum absolute atomic E-state index is 17.2. The molecule has 99 heavy (non-hydrogen) atoms. The van der Waals surface area contributed by atoms with Gasteiger partial charge in [-0.2, -0.15) is 10.2 Å². The Morgan fingerprint density at radius 1 is 0.788 bits per heavy atom. The van der Waals surface area contributed by atoms with Crippen molar-refractivity contribution in [1.29, 1.82) is 5.26 Å². The van der Waals surface area contributed by atoms with Crippen LogP contribution in [0.5, 0.6) is 11.5 Å². The monoisotopic (exact) mass is 1410 g/mol. The maximum Gasteiger partial charge on any atom is 0.333 e. The molecule has 32 heteroatoms. The number of benzene rings is 5. The van der Waals surface area contributed by atoms with Crippen LogP contribution in [0.15, 0.2) is 170 Å². The number of carbonyl (C=O) groups is 1. The minimum Gasteiger partial charge on any atom is -0.497 e. The predicted molar refractivity (Wildman–Crippen MR) is 362 cm³/mol. The number of non-ortho nitro benzene ring substituents is 1. The summed E-state index contributed by atoms with van der Waals surface area (Å²) >= 11 is 0. The Bertz CT molecular complexity index is 4570. The summed E-state index contributed by atoms with van der Waals surface area (Å²) in [5, 5.41) is 23.6. The van der Waals surface area contributed by atoms with Gasteiger partial charge in [0.15, 0.2) is 55.1 Å². The van der Waals surface area contributed by atoms with Crippen molar-refractivity contribution < 1.29 is 69.8 Å². The molecule has 7 heterocycles. The Hall–Kier alpha value is -9.05. The number of aromatic nitrogens is 9. The van der Waals surface area contributed by atoms with Crippen LogP contribution in [0.1, 0.15) is 72.3 Å². The van der Waals surface area contributed by atoms with Crippen LogP contribution in [0.2, 0.25) is 18.1 Å². The van der Waals surface area contributed by atoms with E-state index in [-0.39, 0.29) is 59.2 Å². The summed E-state index contributed by atoms with van der Waals surface area (Å²) in [5.41, 5.74) is 1.51. The number of ether oxygens (including phenoxy) is 5. The molecule has 0 spiro atoms. The zero-order chi connectivity index (χ0) is 69.8. The molecule has 2 N–H and O–H groups in total. The highest BCUT2D eigenvalue weighted by Crippen LogP contribution is 2.52. The van der Waals surface area contributed by atoms with Crippen molar-refractivity contribution in [2.24, 2.45) is 0 Å². The number of amides is 1. The number of nitro benzene ring substituents is 1. The van der Waals surface area contributed by atoms with Crippen LogP contribution in [0, 0.1) is 21.4 Å². The number of methoxy groups -OCH3 is 2. The van der Waals surface area contributed by atoms with Crippen LogP contribution in [0.4, 0.5) is 15.9 Å². The summed E-state index contributed by atoms with van der Waals surface area (Å²) in [4.78, 5) is 72.0. The molecular formula is C67H71FN12O16P2Si. The van der Waals surface area contributed by atoms with Crippen LogP contribution in [-0.4, -0.2) is 138 Å². The lowest BCUT2D eigenvalue weighted by Gasteiger charge is -2.41. The van der Waals surface area contributed by atoms with Gasteiger partial charge < -0.3 is 61.0 Å². The molecule has 2 aliphatic heterocycles. The first kappa shape index (κ1) is 69.8. The van der Waals surface area contributed by atoms with Gasteiger partial charge in [-0.15, -0.1) is 0 Å². The molecule has 28 nitrogen and oxygen atoms in total. The van der Waals surface area contributed by atoms with E-state index in [1.807, 2.05) is 92.0 Å². The summed E-state index contributed by atoms with van der Waals surface area (Å²) < 4.78 is 102. The van der Waals surface area contributed by atoms with Crippen molar-refractivity contribution in [2.75, 3.05) is 39.4 Å². The van der Waals surface area contributed by atoms with E-state index in [0.717, 1.165) is 11.9 Å². The van der Waals surface area contributed by atoms with Crippen molar-refractivity contribution in [3.05, 3.63) is 213 Å². The summed E-state index contributed by atoms with van der Waals surface area (Å²) in [5.74, 6) is 0.955. The van der Waals surface area contributed by atoms with Gasteiger partial charge in [-0.25, -0.2) is 28.7 Å². The Kier molecular flexibility index (Phi) is 21.0. The third-order valence-corrected chi connectivity index (χ3v) is 24.0. The van der Waals surface area contributed by atoms with E-state index in [0.29, 0.717) is 46.7 Å². The molecule has 2 unspecified atom stereocenters. The molecule has 5 aromatic carbocycles. The second-order valence-corrected chi connectivity index (χ2v) is 31.6. The fraction of sp³-hybridized carbons (Fsp3) is 0.343. The number of alkyl halides is 1. The highest BCUT2D eigenvalue weighted by molar-refractivity contribution is 7.41. The van der Waals surface area contributed by atoms with Gasteiger partial charge >= 0.3 is 16.9 Å². The Balaban J connectivity index is 0.945. The van der Waals surface area contributed by atoms with Gasteiger partial charge in [0.25, 0.3) is 17.2 Å². The number of hydrogen-bond donors (Lipinski definition) is 2. The lowest BCUT2D eigenvalue weighted by Crippen LogP contribution is -2.49. The van der Waals surface area contributed by atoms with Gasteiger partial charge in [0.1, 0.15) is 53.9 Å². The van der Waals surface area contributed by atoms with Crippen molar-refractivity contribution >= 4 is 70.7 Å². The molecule has 5 aromatic heterocycles. The minimum atomic E-state index is -3.86. The first-order chi connectivity index (χ1) is 47.7. The zero-order valence-electron chi connectivity index (χ0n) is 54.8. The zero-order valence-corrected chi connectivity index (χ0v) is 57.7. The Morgan fingerprint density at radius 2 is 1.40 bits per heavy atom. The fourth-order valence-corrected chi connectivity index (χ4v) is 14.7. The smallest absolute Gasteiger partial charge is 0.333 e. The number of rotatable bonds is 28. The lowest BCUT2D eigenvalue weighted by atomic mass is 9.80. The molecule has 2 saturated heterocycles. The molecule has 2 fully saturated rings. The molecule has 1 amide bonds. The average molecular weight is 1410 g/mol. The van der Waals surface area contributed by atoms with Crippen molar-refractivity contribution in [3.63, 3.8) is 0 Å². The van der Waals surface area contributed by atoms with Crippen LogP contribution in [0.25, 0.3) is 28.1 Å². The summed E-state index contributed by atoms with van der Waals surface area (Å²) in [6.07, 6.45) is -4.39. The summed E-state index contributed by atoms with van der Waals surface area (Å²) in [6.45, 7) is 9.46. The number of imidazole rings is 3. The molecule has 516 valence electrons. The van der Waals surface area contributed by atoms with E-state index in [2.05, 4.69) is 52.1 Å². The standard InChI is InChI=1S/C67H71FN12O16P2Si/c1-66(2,3)99(6,7)96-57-56(95-98(90-36-14-32-69)91-38-51-55(94-97(85)86)52(68)63(92-51)78-40-72-53-58(70-39-71-59(53)78)74-61(81)43-15-10-8-11-16-43)50(37-89-67(44-17-12-9-13-18-44,45-21-27-48(87-4)28-22-45)46-23-29-49(88-5)30-24-46)93-64(57)79-41-73-54-60(79)75-65-76(34-35-77(65)62(54)82)33-31-42-19-25-47(26-20-42)80(83)84/h8-13,15-30,34-35,39-41,50-52,55-57,63-64,97H,14,31,33,36-38H2,1-7H3,(H,85,86)(H,70,71,74,81)/t50-,51-,52-,55-,56-,57-,63-,64-,98?/m1/s1. The number of nitrogens with one attached hydrogen (secondary N) is 1. The van der Waals surface area contributed by atoms with E-state index >= 15 is 4.39 Å². The molecule has 10 aromatic rings. The largest absolute Gasteiger partial charge is 0.497 e. The topological polar surface area (TPSA) is 326 Å². The number of nitrogens with zero attached hydrogens (tertiary/aromatic N) is 11. The molecular weight excluding hydrogens is 1340 g/mol. The molecule has 2 aliphatic rings. The number of carbonyl (C=O) groups excluding carboxylic acids is 1. The molecule has 0 aliphatic carbocycles. The molecule has 0 radical (unpaired) electrons. The molecule has 0 saturated carbocycles. The van der Waals surface area contributed by atoms with E-state index in [1.54, 1.807) is 78.2 Å². The van der Waals surface area contributed by atoms with E-state index in [1.165, 1.54) is 33.8 Å². The summed E-state index contributed by atoms with van der Waals surface area (Å²) in [7, 11) is -6.45. The first-order valence-corrected chi connectivity index (χ1v) is 36.8. The van der Waals surface area contributed by atoms with Crippen LogP contribution in [0.3, 0.4) is 0 Å². The van der Waals surface area contributed by atoms with Gasteiger partial charge in [-0.3, -0.25) is 33.4 Å². The van der Waals surface area contributed by atoms with Gasteiger partial charge in [0, 0.05) is 36.6 Å². The van der Waals surface area contributed by atoms with Gasteiger partial charge in [0.05, 0.1) is 64.1 Å². The van der Waals surface area contributed by atoms with Gasteiger partial charge in [-0.05, 0) is 83.2 Å². The number of fused-ring (bicyclic) bond motifs is 3. The van der Waals surface area contributed by atoms with Crippen molar-refractivity contribution in [1.82, 2.24) is 43.0 Å². The van der Waals surface area contributed by atoms with E-state index < -0.39 is 108 Å². The van der Waals surface area contributed by atoms with Crippen molar-refractivity contribution in [3.8, 4) is 17.6 Å². The highest BCUT2D eigenvalue weighted by Gasteiger charge is 2.55. The molecule has 12 rings (SSSR count). The van der Waals surface area contributed by atoms with Gasteiger partial charge in [-0.1, -0.05) is 106 Å². The fourth-order valence-electron chi connectivity index (χ4n) is 11.7. The third-order valence-electron chi connectivity index (χ3n) is 17.9. The van der Waals surface area contributed by atoms with E-state index in [4.69, 9.17) is 51.2 Å². The second-order valence-electron chi connectivity index (χ2n) is 24.9. The quantitative estimate of drug-likeness (QED) is 0.0115. The average Bonchev–Trinajstić information content (AvgIpc) is 1.65. The minimum absolute atomic E-state index is 0.00496. The Morgan fingerprint density at radius 3 is 2.03 bits per heavy atom.